The maximum absolute atomic E-state index is 12.6. The molecule has 4 aromatic rings. The number of nitrogens with one attached hydrogen (secondary N) is 5. The third-order valence-electron chi connectivity index (χ3n) is 6.31. The third-order valence-corrected chi connectivity index (χ3v) is 6.31. The molecule has 5 rings (SSSR count). The largest absolute Gasteiger partial charge is 0.340 e. The van der Waals surface area contributed by atoms with Crippen LogP contribution < -0.4 is 21.3 Å². The molecule has 0 spiro atoms. The summed E-state index contributed by atoms with van der Waals surface area (Å²) in [6.07, 6.45) is 7.52. The monoisotopic (exact) mass is 562 g/mol. The molecule has 12 nitrogen and oxygen atoms in total. The van der Waals surface area contributed by atoms with E-state index in [9.17, 15) is 19.2 Å². The number of carbonyl (C=O) groups excluding carboxylic acids is 4. The second-order valence-electron chi connectivity index (χ2n) is 9.58. The van der Waals surface area contributed by atoms with Crippen LogP contribution in [0.2, 0.25) is 0 Å². The Balaban J connectivity index is 1.28. The van der Waals surface area contributed by atoms with E-state index < -0.39 is 17.5 Å². The topological polar surface area (TPSA) is 171 Å². The van der Waals surface area contributed by atoms with E-state index in [4.69, 9.17) is 6.42 Å². The first-order chi connectivity index (χ1) is 20.3. The SMILES string of the molecule is C#CCNC(=O)c1cc(Nc2cc(C3CC3)[nH]n2)nc(Nc2ccc(NC(=O)c3ccc(C(=O)C(C)=O)cc3)cc2)n1. The maximum Gasteiger partial charge on any atom is 0.270 e. The Bertz CT molecular complexity index is 1700. The molecule has 2 amide bonds. The first-order valence-corrected chi connectivity index (χ1v) is 13.1. The van der Waals surface area contributed by atoms with Crippen molar-refractivity contribution in [2.24, 2.45) is 0 Å². The van der Waals surface area contributed by atoms with Gasteiger partial charge in [-0.2, -0.15) is 10.1 Å². The van der Waals surface area contributed by atoms with Crippen LogP contribution in [0.4, 0.5) is 29.0 Å². The highest BCUT2D eigenvalue weighted by molar-refractivity contribution is 6.42. The van der Waals surface area contributed by atoms with E-state index >= 15 is 0 Å². The number of rotatable bonds is 11. The van der Waals surface area contributed by atoms with Gasteiger partial charge in [0.25, 0.3) is 11.8 Å². The van der Waals surface area contributed by atoms with E-state index in [2.05, 4.69) is 47.4 Å². The number of Topliss-reactive ketones (excluding diaryl/α,β-unsaturated/α-hetero) is 2. The minimum atomic E-state index is -0.612. The van der Waals surface area contributed by atoms with Crippen molar-refractivity contribution >= 4 is 52.3 Å². The average molecular weight is 563 g/mol. The highest BCUT2D eigenvalue weighted by Crippen LogP contribution is 2.39. The number of anilines is 5. The number of H-pyrrole nitrogens is 1. The van der Waals surface area contributed by atoms with Crippen molar-refractivity contribution in [3.63, 3.8) is 0 Å². The van der Waals surface area contributed by atoms with E-state index in [-0.39, 0.29) is 29.7 Å². The number of hydrogen-bond acceptors (Lipinski definition) is 9. The van der Waals surface area contributed by atoms with E-state index in [1.54, 1.807) is 24.3 Å². The summed E-state index contributed by atoms with van der Waals surface area (Å²) < 4.78 is 0. The van der Waals surface area contributed by atoms with Crippen LogP contribution in [0.25, 0.3) is 0 Å². The second-order valence-corrected chi connectivity index (χ2v) is 9.58. The summed E-state index contributed by atoms with van der Waals surface area (Å²) in [6.45, 7) is 1.25. The summed E-state index contributed by atoms with van der Waals surface area (Å²) >= 11 is 0. The van der Waals surface area contributed by atoms with Crippen molar-refractivity contribution in [3.8, 4) is 12.3 Å². The predicted molar refractivity (Wildman–Crippen MR) is 156 cm³/mol. The predicted octanol–water partition coefficient (Wildman–Crippen LogP) is 3.95. The Hall–Kier alpha value is -5.83. The number of benzene rings is 2. The molecule has 5 N–H and O–H groups in total. The summed E-state index contributed by atoms with van der Waals surface area (Å²) in [5.41, 5.74) is 2.81. The quantitative estimate of drug-likeness (QED) is 0.103. The molecule has 0 saturated heterocycles. The highest BCUT2D eigenvalue weighted by Gasteiger charge is 2.25. The second kappa shape index (κ2) is 12.1. The summed E-state index contributed by atoms with van der Waals surface area (Å²) in [5, 5.41) is 18.8. The average Bonchev–Trinajstić information content (AvgIpc) is 3.74. The van der Waals surface area contributed by atoms with Gasteiger partial charge >= 0.3 is 0 Å². The Morgan fingerprint density at radius 2 is 1.57 bits per heavy atom. The van der Waals surface area contributed by atoms with Gasteiger partial charge in [-0.05, 0) is 49.2 Å². The van der Waals surface area contributed by atoms with Gasteiger partial charge in [0.1, 0.15) is 11.5 Å². The molecule has 1 saturated carbocycles. The summed E-state index contributed by atoms with van der Waals surface area (Å²) in [4.78, 5) is 57.1. The number of carbonyl (C=O) groups is 4. The fourth-order valence-electron chi connectivity index (χ4n) is 3.99. The lowest BCUT2D eigenvalue weighted by Gasteiger charge is -2.11. The van der Waals surface area contributed by atoms with Crippen LogP contribution in [-0.2, 0) is 4.79 Å². The van der Waals surface area contributed by atoms with Crippen molar-refractivity contribution < 1.29 is 19.2 Å². The van der Waals surface area contributed by atoms with E-state index in [0.717, 1.165) is 18.5 Å². The van der Waals surface area contributed by atoms with Crippen LogP contribution in [0.15, 0.2) is 60.7 Å². The molecule has 42 heavy (non-hydrogen) atoms. The fraction of sp³-hybridized carbons (Fsp3) is 0.167. The maximum atomic E-state index is 12.6. The van der Waals surface area contributed by atoms with Gasteiger partial charge < -0.3 is 21.3 Å². The lowest BCUT2D eigenvalue weighted by atomic mass is 10.1. The van der Waals surface area contributed by atoms with Crippen molar-refractivity contribution in [1.29, 1.82) is 0 Å². The molecular weight excluding hydrogens is 536 g/mol. The first-order valence-electron chi connectivity index (χ1n) is 13.1. The zero-order chi connectivity index (χ0) is 29.6. The standard InChI is InChI=1S/C30H26N8O4/c1-3-14-31-29(42)24-16-25(35-26-15-23(37-38-26)18-4-5-18)36-30(34-24)33-22-12-10-21(11-13-22)32-28(41)20-8-6-19(7-9-20)27(40)17(2)39/h1,6-13,15-16,18H,4-5,14H2,2H3,(H,31,42)(H,32,41)(H3,33,34,35,36,37,38). The van der Waals surface area contributed by atoms with Crippen LogP contribution in [0.5, 0.6) is 0 Å². The van der Waals surface area contributed by atoms with Crippen LogP contribution in [0.1, 0.15) is 62.6 Å². The molecule has 12 heteroatoms. The third kappa shape index (κ3) is 6.83. The molecule has 0 radical (unpaired) electrons. The molecule has 2 aromatic carbocycles. The van der Waals surface area contributed by atoms with Crippen molar-refractivity contribution in [1.82, 2.24) is 25.5 Å². The molecular formula is C30H26N8O4. The number of aromatic nitrogens is 4. The Kier molecular flexibility index (Phi) is 8.01. The van der Waals surface area contributed by atoms with Gasteiger partial charge in [-0.1, -0.05) is 18.1 Å². The van der Waals surface area contributed by atoms with E-state index in [0.29, 0.717) is 34.5 Å². The Morgan fingerprint density at radius 1 is 0.881 bits per heavy atom. The van der Waals surface area contributed by atoms with E-state index in [1.165, 1.54) is 37.3 Å². The molecule has 1 aliphatic rings. The van der Waals surface area contributed by atoms with Gasteiger partial charge in [-0.3, -0.25) is 24.3 Å². The normalized spacial score (nSPS) is 12.1. The Labute approximate surface area is 240 Å². The first kappa shape index (κ1) is 27.7. The minimum Gasteiger partial charge on any atom is -0.340 e. The van der Waals surface area contributed by atoms with Gasteiger partial charge in [-0.15, -0.1) is 6.42 Å². The van der Waals surface area contributed by atoms with Crippen LogP contribution in [-0.4, -0.2) is 50.1 Å². The number of aromatic amines is 1. The number of nitrogens with zero attached hydrogens (tertiary/aromatic N) is 3. The van der Waals surface area contributed by atoms with Gasteiger partial charge in [-0.25, -0.2) is 4.98 Å². The summed E-state index contributed by atoms with van der Waals surface area (Å²) in [5.74, 6) is 1.91. The lowest BCUT2D eigenvalue weighted by molar-refractivity contribution is -0.113. The minimum absolute atomic E-state index is 0.0480. The fourth-order valence-corrected chi connectivity index (χ4v) is 3.99. The molecule has 0 aliphatic heterocycles. The molecule has 210 valence electrons. The van der Waals surface area contributed by atoms with Gasteiger partial charge in [0.15, 0.2) is 11.6 Å². The molecule has 0 atom stereocenters. The molecule has 1 aliphatic carbocycles. The van der Waals surface area contributed by atoms with Crippen LogP contribution in [0, 0.1) is 12.3 Å². The van der Waals surface area contributed by atoms with Gasteiger partial charge in [0, 0.05) is 53.2 Å². The number of amides is 2. The zero-order valence-electron chi connectivity index (χ0n) is 22.5. The molecule has 2 heterocycles. The zero-order valence-corrected chi connectivity index (χ0v) is 22.5. The van der Waals surface area contributed by atoms with Crippen molar-refractivity contribution in [2.45, 2.75) is 25.7 Å². The van der Waals surface area contributed by atoms with Crippen molar-refractivity contribution in [3.05, 3.63) is 83.2 Å². The highest BCUT2D eigenvalue weighted by atomic mass is 16.2. The summed E-state index contributed by atoms with van der Waals surface area (Å²) in [6, 6.07) is 16.0. The van der Waals surface area contributed by atoms with Gasteiger partial charge in [0.2, 0.25) is 11.7 Å². The molecule has 0 bridgehead atoms. The van der Waals surface area contributed by atoms with Crippen molar-refractivity contribution in [2.75, 3.05) is 22.5 Å². The smallest absolute Gasteiger partial charge is 0.270 e. The number of hydrogen-bond donors (Lipinski definition) is 5. The number of ketones is 2. The molecule has 1 fully saturated rings. The lowest BCUT2D eigenvalue weighted by Crippen LogP contribution is -2.25. The number of terminal acetylenes is 1. The van der Waals surface area contributed by atoms with Gasteiger partial charge in [0.05, 0.1) is 6.54 Å². The summed E-state index contributed by atoms with van der Waals surface area (Å²) in [7, 11) is 0. The van der Waals surface area contributed by atoms with Crippen LogP contribution in [0.3, 0.4) is 0 Å². The van der Waals surface area contributed by atoms with E-state index in [1.807, 2.05) is 6.07 Å². The molecule has 2 aromatic heterocycles. The Morgan fingerprint density at radius 3 is 2.24 bits per heavy atom. The molecule has 0 unspecified atom stereocenters. The van der Waals surface area contributed by atoms with Crippen LogP contribution >= 0.6 is 0 Å².